The standard InChI is InChI=1S/C22H25ClN4O2/c1-25-11-9-18(10-12-25)27(13-16-3-6-19(29-2)7-4-16)22(28)20-15-26-14-17(23)5-8-21(26)24-20/h3-8,14-15,18H,9-13H2,1-2H3. The number of carbonyl (C=O) groups excluding carboxylic acids is 1. The van der Waals surface area contributed by atoms with Gasteiger partial charge in [0, 0.05) is 25.0 Å². The van der Waals surface area contributed by atoms with E-state index in [4.69, 9.17) is 16.3 Å². The van der Waals surface area contributed by atoms with E-state index >= 15 is 0 Å². The lowest BCUT2D eigenvalue weighted by atomic mass is 10.0. The first kappa shape index (κ1) is 19.7. The molecule has 0 bridgehead atoms. The van der Waals surface area contributed by atoms with Gasteiger partial charge in [0.15, 0.2) is 0 Å². The number of halogens is 1. The maximum atomic E-state index is 13.5. The molecule has 0 saturated carbocycles. The van der Waals surface area contributed by atoms with Crippen LogP contribution in [0.3, 0.4) is 0 Å². The fourth-order valence-corrected chi connectivity index (χ4v) is 3.98. The molecule has 4 rings (SSSR count). The molecule has 2 aromatic heterocycles. The predicted octanol–water partition coefficient (Wildman–Crippen LogP) is 3.73. The summed E-state index contributed by atoms with van der Waals surface area (Å²) in [7, 11) is 3.77. The zero-order valence-electron chi connectivity index (χ0n) is 16.7. The van der Waals surface area contributed by atoms with Gasteiger partial charge in [-0.15, -0.1) is 0 Å². The van der Waals surface area contributed by atoms with Gasteiger partial charge in [-0.1, -0.05) is 23.7 Å². The van der Waals surface area contributed by atoms with Gasteiger partial charge >= 0.3 is 0 Å². The molecule has 0 unspecified atom stereocenters. The molecule has 6 nitrogen and oxygen atoms in total. The number of carbonyl (C=O) groups is 1. The molecule has 3 heterocycles. The Morgan fingerprint density at radius 3 is 2.59 bits per heavy atom. The van der Waals surface area contributed by atoms with Crippen LogP contribution in [0.25, 0.3) is 5.65 Å². The molecule has 3 aromatic rings. The Bertz CT molecular complexity index is 994. The third kappa shape index (κ3) is 4.38. The second-order valence-electron chi connectivity index (χ2n) is 7.55. The monoisotopic (exact) mass is 412 g/mol. The van der Waals surface area contributed by atoms with Crippen LogP contribution >= 0.6 is 11.6 Å². The maximum absolute atomic E-state index is 13.5. The van der Waals surface area contributed by atoms with E-state index in [9.17, 15) is 4.79 Å². The van der Waals surface area contributed by atoms with Crippen molar-refractivity contribution < 1.29 is 9.53 Å². The van der Waals surface area contributed by atoms with E-state index in [1.165, 1.54) is 0 Å². The SMILES string of the molecule is COc1ccc(CN(C(=O)c2cn3cc(Cl)ccc3n2)C2CCN(C)CC2)cc1. The number of methoxy groups -OCH3 is 1. The number of aromatic nitrogens is 2. The quantitative estimate of drug-likeness (QED) is 0.640. The topological polar surface area (TPSA) is 50.1 Å². The van der Waals surface area contributed by atoms with Gasteiger partial charge in [-0.05, 0) is 62.8 Å². The van der Waals surface area contributed by atoms with E-state index in [1.54, 1.807) is 30.0 Å². The first-order valence-electron chi connectivity index (χ1n) is 9.80. The molecule has 0 spiro atoms. The third-order valence-corrected chi connectivity index (χ3v) is 5.76. The highest BCUT2D eigenvalue weighted by atomic mass is 35.5. The van der Waals surface area contributed by atoms with Gasteiger partial charge in [-0.2, -0.15) is 0 Å². The molecular formula is C22H25ClN4O2. The summed E-state index contributed by atoms with van der Waals surface area (Å²) in [6.45, 7) is 2.52. The number of hydrogen-bond donors (Lipinski definition) is 0. The van der Waals surface area contributed by atoms with Crippen molar-refractivity contribution >= 4 is 23.2 Å². The number of amides is 1. The van der Waals surface area contributed by atoms with Crippen molar-refractivity contribution in [3.05, 3.63) is 65.1 Å². The van der Waals surface area contributed by atoms with Gasteiger partial charge in [0.05, 0.1) is 12.1 Å². The van der Waals surface area contributed by atoms with Crippen LogP contribution in [0.4, 0.5) is 0 Å². The zero-order chi connectivity index (χ0) is 20.4. The smallest absolute Gasteiger partial charge is 0.274 e. The molecule has 7 heteroatoms. The normalized spacial score (nSPS) is 15.6. The Labute approximate surface area is 175 Å². The Morgan fingerprint density at radius 1 is 1.17 bits per heavy atom. The van der Waals surface area contributed by atoms with E-state index in [1.807, 2.05) is 35.2 Å². The lowest BCUT2D eigenvalue weighted by molar-refractivity contribution is 0.0564. The van der Waals surface area contributed by atoms with Crippen molar-refractivity contribution in [3.63, 3.8) is 0 Å². The fourth-order valence-electron chi connectivity index (χ4n) is 3.82. The van der Waals surface area contributed by atoms with Gasteiger partial charge in [0.2, 0.25) is 0 Å². The van der Waals surface area contributed by atoms with Crippen LogP contribution < -0.4 is 4.74 Å². The summed E-state index contributed by atoms with van der Waals surface area (Å²) in [4.78, 5) is 22.3. The number of likely N-dealkylation sites (tertiary alicyclic amines) is 1. The summed E-state index contributed by atoms with van der Waals surface area (Å²) in [6, 6.07) is 11.7. The number of nitrogens with zero attached hydrogens (tertiary/aromatic N) is 4. The van der Waals surface area contributed by atoms with Crippen LogP contribution in [0.15, 0.2) is 48.8 Å². The van der Waals surface area contributed by atoms with Gasteiger partial charge in [0.1, 0.15) is 17.1 Å². The Kier molecular flexibility index (Phi) is 5.74. The third-order valence-electron chi connectivity index (χ3n) is 5.54. The maximum Gasteiger partial charge on any atom is 0.274 e. The first-order valence-corrected chi connectivity index (χ1v) is 10.2. The van der Waals surface area contributed by atoms with E-state index in [2.05, 4.69) is 16.9 Å². The van der Waals surface area contributed by atoms with E-state index in [-0.39, 0.29) is 11.9 Å². The first-order chi connectivity index (χ1) is 14.0. The van der Waals surface area contributed by atoms with Crippen molar-refractivity contribution in [3.8, 4) is 5.75 Å². The van der Waals surface area contributed by atoms with Crippen LogP contribution in [0.5, 0.6) is 5.75 Å². The van der Waals surface area contributed by atoms with Crippen molar-refractivity contribution in [2.75, 3.05) is 27.2 Å². The number of rotatable bonds is 5. The highest BCUT2D eigenvalue weighted by Gasteiger charge is 2.29. The molecule has 0 atom stereocenters. The summed E-state index contributed by atoms with van der Waals surface area (Å²) in [5.41, 5.74) is 2.23. The molecule has 1 saturated heterocycles. The van der Waals surface area contributed by atoms with Crippen LogP contribution in [0, 0.1) is 0 Å². The molecule has 1 aromatic carbocycles. The number of benzene rings is 1. The highest BCUT2D eigenvalue weighted by Crippen LogP contribution is 2.22. The molecule has 0 aliphatic carbocycles. The second kappa shape index (κ2) is 8.43. The van der Waals surface area contributed by atoms with Crippen LogP contribution in [0.2, 0.25) is 5.02 Å². The summed E-state index contributed by atoms with van der Waals surface area (Å²) in [5, 5.41) is 0.610. The molecule has 0 radical (unpaired) electrons. The minimum atomic E-state index is -0.0461. The van der Waals surface area contributed by atoms with Crippen molar-refractivity contribution in [1.29, 1.82) is 0 Å². The minimum Gasteiger partial charge on any atom is -0.497 e. The lowest BCUT2D eigenvalue weighted by Crippen LogP contribution is -2.46. The van der Waals surface area contributed by atoms with E-state index < -0.39 is 0 Å². The molecular weight excluding hydrogens is 388 g/mol. The number of imidazole rings is 1. The Morgan fingerprint density at radius 2 is 1.90 bits per heavy atom. The Hall–Kier alpha value is -2.57. The molecule has 1 aliphatic heterocycles. The van der Waals surface area contributed by atoms with Gasteiger partial charge in [-0.3, -0.25) is 4.79 Å². The van der Waals surface area contributed by atoms with Crippen molar-refractivity contribution in [1.82, 2.24) is 19.2 Å². The fraction of sp³-hybridized carbons (Fsp3) is 0.364. The van der Waals surface area contributed by atoms with Crippen LogP contribution in [-0.4, -0.2) is 58.4 Å². The summed E-state index contributed by atoms with van der Waals surface area (Å²) in [6.07, 6.45) is 5.44. The average molecular weight is 413 g/mol. The highest BCUT2D eigenvalue weighted by molar-refractivity contribution is 6.30. The lowest BCUT2D eigenvalue weighted by Gasteiger charge is -2.37. The summed E-state index contributed by atoms with van der Waals surface area (Å²) in [5.74, 6) is 0.762. The average Bonchev–Trinajstić information content (AvgIpc) is 3.16. The summed E-state index contributed by atoms with van der Waals surface area (Å²) >= 11 is 6.08. The minimum absolute atomic E-state index is 0.0461. The van der Waals surface area contributed by atoms with Crippen molar-refractivity contribution in [2.24, 2.45) is 0 Å². The number of hydrogen-bond acceptors (Lipinski definition) is 4. The Balaban J connectivity index is 1.62. The second-order valence-corrected chi connectivity index (χ2v) is 7.99. The largest absolute Gasteiger partial charge is 0.497 e. The number of fused-ring (bicyclic) bond motifs is 1. The van der Waals surface area contributed by atoms with Gasteiger partial charge < -0.3 is 18.9 Å². The van der Waals surface area contributed by atoms with Gasteiger partial charge in [-0.25, -0.2) is 4.98 Å². The van der Waals surface area contributed by atoms with Crippen molar-refractivity contribution in [2.45, 2.75) is 25.4 Å². The van der Waals surface area contributed by atoms with E-state index in [0.29, 0.717) is 22.9 Å². The molecule has 1 aliphatic rings. The van der Waals surface area contributed by atoms with E-state index in [0.717, 1.165) is 37.2 Å². The molecule has 1 amide bonds. The van der Waals surface area contributed by atoms with Gasteiger partial charge in [0.25, 0.3) is 5.91 Å². The zero-order valence-corrected chi connectivity index (χ0v) is 17.5. The number of ether oxygens (including phenoxy) is 1. The van der Waals surface area contributed by atoms with Crippen LogP contribution in [-0.2, 0) is 6.54 Å². The number of pyridine rings is 1. The summed E-state index contributed by atoms with van der Waals surface area (Å²) < 4.78 is 7.05. The molecule has 152 valence electrons. The predicted molar refractivity (Wildman–Crippen MR) is 114 cm³/mol. The van der Waals surface area contributed by atoms with Crippen LogP contribution in [0.1, 0.15) is 28.9 Å². The molecule has 0 N–H and O–H groups in total. The number of piperidine rings is 1. The molecule has 1 fully saturated rings. The molecule has 29 heavy (non-hydrogen) atoms.